The number of aliphatic hydroxyl groups is 1. The highest BCUT2D eigenvalue weighted by Gasteiger charge is 2.33. The van der Waals surface area contributed by atoms with Crippen molar-refractivity contribution >= 4 is 0 Å². The molecule has 2 rings (SSSR count). The molecule has 1 unspecified atom stereocenters. The average Bonchev–Trinajstić information content (AvgIpc) is 2.88. The van der Waals surface area contributed by atoms with E-state index in [0.717, 1.165) is 58.8 Å². The van der Waals surface area contributed by atoms with E-state index in [4.69, 9.17) is 4.74 Å². The molecule has 1 atom stereocenters. The number of nitrogens with zero attached hydrogens (tertiary/aromatic N) is 2. The van der Waals surface area contributed by atoms with Gasteiger partial charge in [-0.1, -0.05) is 13.8 Å². The smallest absolute Gasteiger partial charge is 0.0768 e. The van der Waals surface area contributed by atoms with Crippen LogP contribution >= 0.6 is 0 Å². The monoisotopic (exact) mass is 256 g/mol. The first-order chi connectivity index (χ1) is 8.67. The third-order valence-electron chi connectivity index (χ3n) is 4.64. The Morgan fingerprint density at radius 1 is 1.17 bits per heavy atom. The Hall–Kier alpha value is -0.160. The van der Waals surface area contributed by atoms with Crippen LogP contribution in [0, 0.1) is 0 Å². The summed E-state index contributed by atoms with van der Waals surface area (Å²) in [5.41, 5.74) is -0.486. The fourth-order valence-electron chi connectivity index (χ4n) is 3.09. The molecule has 0 aromatic carbocycles. The van der Waals surface area contributed by atoms with Gasteiger partial charge in [0.15, 0.2) is 0 Å². The normalized spacial score (nSPS) is 27.8. The third kappa shape index (κ3) is 3.44. The molecule has 0 bridgehead atoms. The lowest BCUT2D eigenvalue weighted by Crippen LogP contribution is -2.46. The van der Waals surface area contributed by atoms with E-state index in [1.54, 1.807) is 0 Å². The van der Waals surface area contributed by atoms with Gasteiger partial charge in [0.2, 0.25) is 0 Å². The van der Waals surface area contributed by atoms with Crippen molar-refractivity contribution in [2.24, 2.45) is 0 Å². The first kappa shape index (κ1) is 14.3. The summed E-state index contributed by atoms with van der Waals surface area (Å²) >= 11 is 0. The van der Waals surface area contributed by atoms with Crippen molar-refractivity contribution in [1.29, 1.82) is 0 Å². The van der Waals surface area contributed by atoms with Gasteiger partial charge in [0.25, 0.3) is 0 Å². The van der Waals surface area contributed by atoms with E-state index < -0.39 is 5.60 Å². The van der Waals surface area contributed by atoms with Crippen LogP contribution in [0.25, 0.3) is 0 Å². The molecular formula is C14H28N2O2. The largest absolute Gasteiger partial charge is 0.389 e. The van der Waals surface area contributed by atoms with E-state index in [1.807, 2.05) is 0 Å². The van der Waals surface area contributed by atoms with Crippen molar-refractivity contribution in [3.8, 4) is 0 Å². The Bertz CT molecular complexity index is 250. The fraction of sp³-hybridized carbons (Fsp3) is 1.00. The summed E-state index contributed by atoms with van der Waals surface area (Å²) in [6.45, 7) is 11.1. The molecule has 2 aliphatic heterocycles. The van der Waals surface area contributed by atoms with Crippen LogP contribution in [0.5, 0.6) is 0 Å². The maximum absolute atomic E-state index is 10.4. The highest BCUT2D eigenvalue weighted by atomic mass is 16.5. The molecular weight excluding hydrogens is 228 g/mol. The summed E-state index contributed by atoms with van der Waals surface area (Å²) in [4.78, 5) is 4.99. The Morgan fingerprint density at radius 3 is 2.44 bits per heavy atom. The van der Waals surface area contributed by atoms with Gasteiger partial charge in [-0.2, -0.15) is 0 Å². The molecule has 2 aliphatic rings. The van der Waals surface area contributed by atoms with E-state index in [1.165, 1.54) is 6.42 Å². The maximum atomic E-state index is 10.4. The van der Waals surface area contributed by atoms with Gasteiger partial charge in [0.05, 0.1) is 18.8 Å². The van der Waals surface area contributed by atoms with Gasteiger partial charge in [-0.05, 0) is 25.8 Å². The van der Waals surface area contributed by atoms with Crippen LogP contribution in [-0.4, -0.2) is 72.5 Å². The minimum atomic E-state index is -0.486. The standard InChI is InChI=1S/C14H28N2O2/c1-3-14(17,4-2)12-15-6-5-13(11-15)16-7-9-18-10-8-16/h13,17H,3-12H2,1-2H3. The van der Waals surface area contributed by atoms with Crippen molar-refractivity contribution in [2.75, 3.05) is 45.9 Å². The maximum Gasteiger partial charge on any atom is 0.0768 e. The molecule has 0 aliphatic carbocycles. The Morgan fingerprint density at radius 2 is 1.83 bits per heavy atom. The van der Waals surface area contributed by atoms with Crippen LogP contribution in [0.3, 0.4) is 0 Å². The van der Waals surface area contributed by atoms with Crippen LogP contribution in [0.1, 0.15) is 33.1 Å². The molecule has 0 amide bonds. The second-order valence-corrected chi connectivity index (χ2v) is 5.76. The van der Waals surface area contributed by atoms with Crippen molar-refractivity contribution in [1.82, 2.24) is 9.80 Å². The highest BCUT2D eigenvalue weighted by molar-refractivity contribution is 4.88. The van der Waals surface area contributed by atoms with Crippen LogP contribution < -0.4 is 0 Å². The van der Waals surface area contributed by atoms with Crippen molar-refractivity contribution < 1.29 is 9.84 Å². The minimum Gasteiger partial charge on any atom is -0.389 e. The van der Waals surface area contributed by atoms with Crippen LogP contribution in [-0.2, 0) is 4.74 Å². The number of hydrogen-bond donors (Lipinski definition) is 1. The van der Waals surface area contributed by atoms with Crippen LogP contribution in [0.4, 0.5) is 0 Å². The molecule has 2 heterocycles. The second-order valence-electron chi connectivity index (χ2n) is 5.76. The SMILES string of the molecule is CCC(O)(CC)CN1CCC(N2CCOCC2)C1. The van der Waals surface area contributed by atoms with Gasteiger partial charge in [0.1, 0.15) is 0 Å². The van der Waals surface area contributed by atoms with Gasteiger partial charge in [0, 0.05) is 32.2 Å². The number of morpholine rings is 1. The Kier molecular flexibility index (Phi) is 5.01. The molecule has 0 spiro atoms. The summed E-state index contributed by atoms with van der Waals surface area (Å²) in [5.74, 6) is 0. The summed E-state index contributed by atoms with van der Waals surface area (Å²) < 4.78 is 5.41. The summed E-state index contributed by atoms with van der Waals surface area (Å²) in [6, 6.07) is 0.673. The van der Waals surface area contributed by atoms with Gasteiger partial charge in [-0.25, -0.2) is 0 Å². The summed E-state index contributed by atoms with van der Waals surface area (Å²) in [6.07, 6.45) is 2.94. The zero-order chi connectivity index (χ0) is 13.0. The topological polar surface area (TPSA) is 35.9 Å². The van der Waals surface area contributed by atoms with Crippen LogP contribution in [0.15, 0.2) is 0 Å². The van der Waals surface area contributed by atoms with Gasteiger partial charge < -0.3 is 9.84 Å². The molecule has 4 nitrogen and oxygen atoms in total. The predicted octanol–water partition coefficient (Wildman–Crippen LogP) is 0.944. The zero-order valence-electron chi connectivity index (χ0n) is 11.9. The van der Waals surface area contributed by atoms with Crippen molar-refractivity contribution in [3.63, 3.8) is 0 Å². The number of β-amino-alcohol motifs (C(OH)–C–C–N with tert-alkyl or cyclic N) is 1. The minimum absolute atomic E-state index is 0.486. The fourth-order valence-corrected chi connectivity index (χ4v) is 3.09. The molecule has 0 aromatic rings. The lowest BCUT2D eigenvalue weighted by atomic mass is 9.97. The Labute approximate surface area is 111 Å². The molecule has 2 saturated heterocycles. The lowest BCUT2D eigenvalue weighted by molar-refractivity contribution is -0.00448. The summed E-state index contributed by atoms with van der Waals surface area (Å²) in [5, 5.41) is 10.4. The number of ether oxygens (including phenoxy) is 1. The van der Waals surface area contributed by atoms with Crippen molar-refractivity contribution in [3.05, 3.63) is 0 Å². The van der Waals surface area contributed by atoms with E-state index in [0.29, 0.717) is 6.04 Å². The van der Waals surface area contributed by atoms with E-state index in [9.17, 15) is 5.11 Å². The molecule has 2 fully saturated rings. The average molecular weight is 256 g/mol. The third-order valence-corrected chi connectivity index (χ3v) is 4.64. The number of likely N-dealkylation sites (tertiary alicyclic amines) is 1. The molecule has 0 aromatic heterocycles. The summed E-state index contributed by atoms with van der Waals surface area (Å²) in [7, 11) is 0. The van der Waals surface area contributed by atoms with E-state index in [-0.39, 0.29) is 0 Å². The molecule has 106 valence electrons. The first-order valence-electron chi connectivity index (χ1n) is 7.43. The Balaban J connectivity index is 1.80. The van der Waals surface area contributed by atoms with Gasteiger partial charge in [-0.3, -0.25) is 9.80 Å². The van der Waals surface area contributed by atoms with E-state index >= 15 is 0 Å². The predicted molar refractivity (Wildman–Crippen MR) is 72.8 cm³/mol. The quantitative estimate of drug-likeness (QED) is 0.794. The molecule has 4 heteroatoms. The second kappa shape index (κ2) is 6.33. The molecule has 1 N–H and O–H groups in total. The molecule has 0 radical (unpaired) electrons. The number of hydrogen-bond acceptors (Lipinski definition) is 4. The highest BCUT2D eigenvalue weighted by Crippen LogP contribution is 2.22. The number of rotatable bonds is 5. The van der Waals surface area contributed by atoms with Gasteiger partial charge >= 0.3 is 0 Å². The zero-order valence-corrected chi connectivity index (χ0v) is 11.9. The first-order valence-corrected chi connectivity index (χ1v) is 7.43. The van der Waals surface area contributed by atoms with Gasteiger partial charge in [-0.15, -0.1) is 0 Å². The molecule has 0 saturated carbocycles. The lowest BCUT2D eigenvalue weighted by Gasteiger charge is -2.33. The van der Waals surface area contributed by atoms with Crippen LogP contribution in [0.2, 0.25) is 0 Å². The van der Waals surface area contributed by atoms with E-state index in [2.05, 4.69) is 23.6 Å². The molecule has 18 heavy (non-hydrogen) atoms. The van der Waals surface area contributed by atoms with Crippen molar-refractivity contribution in [2.45, 2.75) is 44.8 Å².